The summed E-state index contributed by atoms with van der Waals surface area (Å²) in [5, 5.41) is 3.90. The normalized spacial score (nSPS) is 14.9. The molecule has 0 saturated heterocycles. The van der Waals surface area contributed by atoms with E-state index in [9.17, 15) is 9.59 Å². The minimum atomic E-state index is -0.537. The molecule has 1 aliphatic rings. The first kappa shape index (κ1) is 26.4. The number of methoxy groups -OCH3 is 1. The smallest absolute Gasteiger partial charge is 0.242 e. The number of hydrogen-bond donors (Lipinski definition) is 1. The Labute approximate surface area is 212 Å². The van der Waals surface area contributed by atoms with Crippen molar-refractivity contribution in [3.05, 3.63) is 59.1 Å². The predicted octanol–water partition coefficient (Wildman–Crippen LogP) is 6.09. The number of nitrogens with zero attached hydrogens (tertiary/aromatic N) is 1. The van der Waals surface area contributed by atoms with E-state index in [2.05, 4.69) is 5.32 Å². The molecule has 2 aromatic rings. The van der Waals surface area contributed by atoms with E-state index in [-0.39, 0.29) is 17.9 Å². The second-order valence-corrected chi connectivity index (χ2v) is 10.4. The van der Waals surface area contributed by atoms with Crippen molar-refractivity contribution in [1.29, 1.82) is 0 Å². The van der Waals surface area contributed by atoms with Gasteiger partial charge in [-0.3, -0.25) is 9.59 Å². The molecule has 1 fully saturated rings. The van der Waals surface area contributed by atoms with Crippen LogP contribution < -0.4 is 10.1 Å². The van der Waals surface area contributed by atoms with Gasteiger partial charge in [0.15, 0.2) is 0 Å². The van der Waals surface area contributed by atoms with Crippen LogP contribution >= 0.6 is 23.4 Å². The van der Waals surface area contributed by atoms with Gasteiger partial charge in [-0.05, 0) is 73.9 Å². The average molecular weight is 503 g/mol. The van der Waals surface area contributed by atoms with Gasteiger partial charge in [0, 0.05) is 28.9 Å². The molecule has 3 rings (SSSR count). The first-order chi connectivity index (χ1) is 16.5. The van der Waals surface area contributed by atoms with Crippen molar-refractivity contribution < 1.29 is 14.3 Å². The summed E-state index contributed by atoms with van der Waals surface area (Å²) in [4.78, 5) is 29.2. The Hall–Kier alpha value is -2.18. The number of rotatable bonds is 11. The van der Waals surface area contributed by atoms with Gasteiger partial charge in [0.05, 0.1) is 7.11 Å². The number of ether oxygens (including phenoxy) is 1. The quantitative estimate of drug-likeness (QED) is 0.298. The number of benzene rings is 2. The van der Waals surface area contributed by atoms with Crippen molar-refractivity contribution in [3.8, 4) is 5.75 Å². The van der Waals surface area contributed by atoms with Crippen molar-refractivity contribution in [1.82, 2.24) is 10.2 Å². The summed E-state index contributed by atoms with van der Waals surface area (Å²) in [6.07, 6.45) is 6.70. The monoisotopic (exact) mass is 502 g/mol. The SMILES string of the molecule is COc1cccc(CN(C(=O)CCCSc2ccc(Cl)cc2)[C@H](C)C(=O)NC2CCCCC2)c1. The maximum atomic E-state index is 13.3. The number of carbonyl (C=O) groups excluding carboxylic acids is 2. The Morgan fingerprint density at radius 1 is 1.15 bits per heavy atom. The lowest BCUT2D eigenvalue weighted by Crippen LogP contribution is -2.50. The van der Waals surface area contributed by atoms with Crippen molar-refractivity contribution in [2.24, 2.45) is 0 Å². The van der Waals surface area contributed by atoms with Gasteiger partial charge in [0.25, 0.3) is 0 Å². The summed E-state index contributed by atoms with van der Waals surface area (Å²) in [7, 11) is 1.63. The van der Waals surface area contributed by atoms with Crippen LogP contribution in [0.3, 0.4) is 0 Å². The number of thioether (sulfide) groups is 1. The molecular formula is C27H35ClN2O3S. The van der Waals surface area contributed by atoms with Gasteiger partial charge in [-0.15, -0.1) is 11.8 Å². The van der Waals surface area contributed by atoms with Crippen LogP contribution in [0.4, 0.5) is 0 Å². The van der Waals surface area contributed by atoms with Crippen LogP contribution in [0, 0.1) is 0 Å². The third kappa shape index (κ3) is 8.24. The Morgan fingerprint density at radius 3 is 2.59 bits per heavy atom. The molecule has 0 aromatic heterocycles. The molecule has 5 nitrogen and oxygen atoms in total. The predicted molar refractivity (Wildman–Crippen MR) is 139 cm³/mol. The van der Waals surface area contributed by atoms with E-state index in [0.717, 1.165) is 54.1 Å². The highest BCUT2D eigenvalue weighted by Crippen LogP contribution is 2.23. The molecule has 1 saturated carbocycles. The molecule has 0 heterocycles. The fourth-order valence-electron chi connectivity index (χ4n) is 4.21. The molecule has 184 valence electrons. The largest absolute Gasteiger partial charge is 0.497 e. The van der Waals surface area contributed by atoms with Crippen molar-refractivity contribution in [2.75, 3.05) is 12.9 Å². The van der Waals surface area contributed by atoms with Crippen LogP contribution in [0.5, 0.6) is 5.75 Å². The first-order valence-electron chi connectivity index (χ1n) is 12.1. The van der Waals surface area contributed by atoms with Gasteiger partial charge in [-0.1, -0.05) is 43.0 Å². The Balaban J connectivity index is 1.62. The molecular weight excluding hydrogens is 468 g/mol. The molecule has 0 aliphatic heterocycles. The van der Waals surface area contributed by atoms with Gasteiger partial charge in [-0.2, -0.15) is 0 Å². The maximum Gasteiger partial charge on any atom is 0.242 e. The lowest BCUT2D eigenvalue weighted by atomic mass is 9.95. The Kier molecular flexibility index (Phi) is 10.6. The molecule has 2 aromatic carbocycles. The van der Waals surface area contributed by atoms with Crippen LogP contribution in [0.2, 0.25) is 5.02 Å². The van der Waals surface area contributed by atoms with Crippen molar-refractivity contribution in [3.63, 3.8) is 0 Å². The molecule has 1 N–H and O–H groups in total. The zero-order chi connectivity index (χ0) is 24.3. The summed E-state index contributed by atoms with van der Waals surface area (Å²) in [6.45, 7) is 2.21. The fraction of sp³-hybridized carbons (Fsp3) is 0.481. The molecule has 0 radical (unpaired) electrons. The standard InChI is InChI=1S/C27H35ClN2O3S/c1-20(27(32)29-23-9-4-3-5-10-23)30(19-21-8-6-11-24(18-21)33-2)26(31)12-7-17-34-25-15-13-22(28)14-16-25/h6,8,11,13-16,18,20,23H,3-5,7,9-10,12,17,19H2,1-2H3,(H,29,32)/t20-/m1/s1. The molecule has 1 aliphatic carbocycles. The molecule has 0 bridgehead atoms. The van der Waals surface area contributed by atoms with E-state index >= 15 is 0 Å². The molecule has 1 atom stereocenters. The van der Waals surface area contributed by atoms with Crippen LogP contribution in [0.1, 0.15) is 57.4 Å². The molecule has 7 heteroatoms. The van der Waals surface area contributed by atoms with E-state index in [1.54, 1.807) is 23.8 Å². The third-order valence-electron chi connectivity index (χ3n) is 6.22. The minimum Gasteiger partial charge on any atom is -0.497 e. The highest BCUT2D eigenvalue weighted by Gasteiger charge is 2.28. The summed E-state index contributed by atoms with van der Waals surface area (Å²) < 4.78 is 5.34. The second kappa shape index (κ2) is 13.6. The minimum absolute atomic E-state index is 0.00850. The highest BCUT2D eigenvalue weighted by atomic mass is 35.5. The number of halogens is 1. The molecule has 2 amide bonds. The number of hydrogen-bond acceptors (Lipinski definition) is 4. The molecule has 0 spiro atoms. The zero-order valence-electron chi connectivity index (χ0n) is 20.1. The Morgan fingerprint density at radius 2 is 1.88 bits per heavy atom. The van der Waals surface area contributed by atoms with Crippen molar-refractivity contribution >= 4 is 35.2 Å². The summed E-state index contributed by atoms with van der Waals surface area (Å²) in [5.41, 5.74) is 0.945. The van der Waals surface area contributed by atoms with Gasteiger partial charge in [-0.25, -0.2) is 0 Å². The van der Waals surface area contributed by atoms with E-state index in [0.29, 0.717) is 18.0 Å². The molecule has 0 unspecified atom stereocenters. The highest BCUT2D eigenvalue weighted by molar-refractivity contribution is 7.99. The van der Waals surface area contributed by atoms with Gasteiger partial charge in [0.1, 0.15) is 11.8 Å². The van der Waals surface area contributed by atoms with E-state index in [4.69, 9.17) is 16.3 Å². The van der Waals surface area contributed by atoms with Gasteiger partial charge in [0.2, 0.25) is 11.8 Å². The number of amides is 2. The zero-order valence-corrected chi connectivity index (χ0v) is 21.7. The maximum absolute atomic E-state index is 13.3. The fourth-order valence-corrected chi connectivity index (χ4v) is 5.19. The van der Waals surface area contributed by atoms with Crippen LogP contribution in [0.25, 0.3) is 0 Å². The van der Waals surface area contributed by atoms with Gasteiger partial charge < -0.3 is 15.0 Å². The summed E-state index contributed by atoms with van der Waals surface area (Å²) in [6, 6.07) is 15.1. The average Bonchev–Trinajstić information content (AvgIpc) is 2.86. The second-order valence-electron chi connectivity index (χ2n) is 8.80. The van der Waals surface area contributed by atoms with Gasteiger partial charge >= 0.3 is 0 Å². The van der Waals surface area contributed by atoms with Crippen LogP contribution in [-0.2, 0) is 16.1 Å². The number of carbonyl (C=O) groups is 2. The third-order valence-corrected chi connectivity index (χ3v) is 7.57. The van der Waals surface area contributed by atoms with Crippen molar-refractivity contribution in [2.45, 2.75) is 75.4 Å². The van der Waals surface area contributed by atoms with E-state index < -0.39 is 6.04 Å². The van der Waals surface area contributed by atoms with Crippen LogP contribution in [0.15, 0.2) is 53.4 Å². The lowest BCUT2D eigenvalue weighted by Gasteiger charge is -2.31. The van der Waals surface area contributed by atoms with Crippen LogP contribution in [-0.4, -0.2) is 41.7 Å². The lowest BCUT2D eigenvalue weighted by molar-refractivity contribution is -0.141. The number of nitrogens with one attached hydrogen (secondary N) is 1. The summed E-state index contributed by atoms with van der Waals surface area (Å²) in [5.74, 6) is 1.48. The van der Waals surface area contributed by atoms with E-state index in [1.165, 1.54) is 6.42 Å². The first-order valence-corrected chi connectivity index (χ1v) is 13.4. The Bertz CT molecular complexity index is 932. The van der Waals surface area contributed by atoms with E-state index in [1.807, 2.05) is 55.5 Å². The topological polar surface area (TPSA) is 58.6 Å². The summed E-state index contributed by atoms with van der Waals surface area (Å²) >= 11 is 7.66. The molecule has 34 heavy (non-hydrogen) atoms.